The van der Waals surface area contributed by atoms with E-state index in [1.807, 2.05) is 12.1 Å². The van der Waals surface area contributed by atoms with E-state index < -0.39 is 6.17 Å². The molecule has 0 aliphatic carbocycles. The Bertz CT molecular complexity index is 359. The van der Waals surface area contributed by atoms with Crippen molar-refractivity contribution in [2.75, 3.05) is 13.7 Å². The first-order chi connectivity index (χ1) is 7.74. The van der Waals surface area contributed by atoms with Gasteiger partial charge in [0.25, 0.3) is 0 Å². The number of rotatable bonds is 3. The first-order valence-electron chi connectivity index (χ1n) is 5.78. The summed E-state index contributed by atoms with van der Waals surface area (Å²) >= 11 is 0. The second kappa shape index (κ2) is 4.83. The zero-order chi connectivity index (χ0) is 11.5. The Hall–Kier alpha value is -1.09. The van der Waals surface area contributed by atoms with E-state index in [2.05, 4.69) is 5.32 Å². The first kappa shape index (κ1) is 11.4. The van der Waals surface area contributed by atoms with Crippen LogP contribution in [0.4, 0.5) is 4.39 Å². The van der Waals surface area contributed by atoms with Gasteiger partial charge < -0.3 is 10.1 Å². The summed E-state index contributed by atoms with van der Waals surface area (Å²) in [7, 11) is 1.61. The molecule has 1 aromatic carbocycles. The van der Waals surface area contributed by atoms with Crippen LogP contribution in [0, 0.1) is 0 Å². The van der Waals surface area contributed by atoms with Gasteiger partial charge in [0.1, 0.15) is 11.9 Å². The molecule has 1 saturated heterocycles. The average Bonchev–Trinajstić information content (AvgIpc) is 2.81. The van der Waals surface area contributed by atoms with Crippen LogP contribution < -0.4 is 10.1 Å². The number of halogens is 1. The average molecular weight is 223 g/mol. The highest BCUT2D eigenvalue weighted by Gasteiger charge is 2.22. The van der Waals surface area contributed by atoms with Gasteiger partial charge >= 0.3 is 0 Å². The highest BCUT2D eigenvalue weighted by atomic mass is 19.1. The third-order valence-electron chi connectivity index (χ3n) is 3.14. The van der Waals surface area contributed by atoms with E-state index in [1.54, 1.807) is 20.1 Å². The zero-order valence-corrected chi connectivity index (χ0v) is 9.79. The van der Waals surface area contributed by atoms with Gasteiger partial charge in [-0.1, -0.05) is 18.2 Å². The van der Waals surface area contributed by atoms with Gasteiger partial charge in [-0.25, -0.2) is 4.39 Å². The van der Waals surface area contributed by atoms with Gasteiger partial charge in [-0.2, -0.15) is 0 Å². The van der Waals surface area contributed by atoms with Gasteiger partial charge in [-0.3, -0.25) is 0 Å². The lowest BCUT2D eigenvalue weighted by molar-refractivity contribution is 0.342. The zero-order valence-electron chi connectivity index (χ0n) is 9.79. The Morgan fingerprint density at radius 3 is 2.88 bits per heavy atom. The number of alkyl halides is 1. The lowest BCUT2D eigenvalue weighted by atomic mass is 9.99. The maximum absolute atomic E-state index is 13.4. The summed E-state index contributed by atoms with van der Waals surface area (Å²) in [6, 6.07) is 6.03. The molecular formula is C13H18FNO. The standard InChI is InChI=1S/C13H18FNO/c1-9(14)10-5-3-6-11(13(10)16-2)12-7-4-8-15-12/h3,5-6,9,12,15H,4,7-8H2,1-2H3. The fourth-order valence-electron chi connectivity index (χ4n) is 2.35. The molecule has 2 rings (SSSR count). The van der Waals surface area contributed by atoms with Crippen LogP contribution in [0.25, 0.3) is 0 Å². The van der Waals surface area contributed by atoms with Crippen molar-refractivity contribution in [2.24, 2.45) is 0 Å². The predicted octanol–water partition coefficient (Wildman–Crippen LogP) is 3.15. The van der Waals surface area contributed by atoms with Gasteiger partial charge in [0.2, 0.25) is 0 Å². The maximum atomic E-state index is 13.4. The van der Waals surface area contributed by atoms with Gasteiger partial charge in [0, 0.05) is 17.2 Å². The highest BCUT2D eigenvalue weighted by molar-refractivity contribution is 5.44. The quantitative estimate of drug-likeness (QED) is 0.850. The lowest BCUT2D eigenvalue weighted by Gasteiger charge is -2.18. The van der Waals surface area contributed by atoms with E-state index in [4.69, 9.17) is 4.74 Å². The fraction of sp³-hybridized carbons (Fsp3) is 0.538. The van der Waals surface area contributed by atoms with Crippen molar-refractivity contribution in [3.05, 3.63) is 29.3 Å². The lowest BCUT2D eigenvalue weighted by Crippen LogP contribution is -2.14. The number of hydrogen-bond acceptors (Lipinski definition) is 2. The second-order valence-corrected chi connectivity index (χ2v) is 4.23. The van der Waals surface area contributed by atoms with Crippen molar-refractivity contribution in [2.45, 2.75) is 32.0 Å². The Morgan fingerprint density at radius 1 is 1.50 bits per heavy atom. The Labute approximate surface area is 95.8 Å². The van der Waals surface area contributed by atoms with Crippen molar-refractivity contribution < 1.29 is 9.13 Å². The number of ether oxygens (including phenoxy) is 1. The summed E-state index contributed by atoms with van der Waals surface area (Å²) in [6.07, 6.45) is 1.28. The number of methoxy groups -OCH3 is 1. The molecule has 3 heteroatoms. The van der Waals surface area contributed by atoms with E-state index in [0.29, 0.717) is 17.4 Å². The van der Waals surface area contributed by atoms with Crippen LogP contribution in [-0.4, -0.2) is 13.7 Å². The number of hydrogen-bond donors (Lipinski definition) is 1. The summed E-state index contributed by atoms with van der Waals surface area (Å²) in [5.41, 5.74) is 1.73. The van der Waals surface area contributed by atoms with Crippen molar-refractivity contribution in [3.8, 4) is 5.75 Å². The molecule has 0 spiro atoms. The Balaban J connectivity index is 2.39. The number of nitrogens with one attached hydrogen (secondary N) is 1. The van der Waals surface area contributed by atoms with Crippen LogP contribution >= 0.6 is 0 Å². The fourth-order valence-corrected chi connectivity index (χ4v) is 2.35. The maximum Gasteiger partial charge on any atom is 0.129 e. The van der Waals surface area contributed by atoms with Crippen LogP contribution in [0.2, 0.25) is 0 Å². The SMILES string of the molecule is COc1c(C(C)F)cccc1C1CCCN1. The predicted molar refractivity (Wildman–Crippen MR) is 62.5 cm³/mol. The van der Waals surface area contributed by atoms with Crippen molar-refractivity contribution in [3.63, 3.8) is 0 Å². The molecule has 1 aliphatic heterocycles. The molecule has 0 saturated carbocycles. The molecule has 1 heterocycles. The van der Waals surface area contributed by atoms with Crippen LogP contribution in [0.3, 0.4) is 0 Å². The van der Waals surface area contributed by atoms with Crippen molar-refractivity contribution in [1.29, 1.82) is 0 Å². The summed E-state index contributed by atoms with van der Waals surface area (Å²) < 4.78 is 18.8. The molecule has 2 unspecified atom stereocenters. The van der Waals surface area contributed by atoms with E-state index in [9.17, 15) is 4.39 Å². The van der Waals surface area contributed by atoms with Crippen LogP contribution in [0.5, 0.6) is 5.75 Å². The van der Waals surface area contributed by atoms with Gasteiger partial charge in [-0.15, -0.1) is 0 Å². The first-order valence-corrected chi connectivity index (χ1v) is 5.78. The normalized spacial score (nSPS) is 22.1. The molecule has 2 nitrogen and oxygen atoms in total. The number of para-hydroxylation sites is 1. The summed E-state index contributed by atoms with van der Waals surface area (Å²) in [5, 5.41) is 3.41. The minimum absolute atomic E-state index is 0.314. The summed E-state index contributed by atoms with van der Waals surface area (Å²) in [4.78, 5) is 0. The largest absolute Gasteiger partial charge is 0.496 e. The third kappa shape index (κ3) is 2.05. The van der Waals surface area contributed by atoms with E-state index in [-0.39, 0.29) is 0 Å². The smallest absolute Gasteiger partial charge is 0.129 e. The third-order valence-corrected chi connectivity index (χ3v) is 3.14. The minimum Gasteiger partial charge on any atom is -0.496 e. The molecule has 2 atom stereocenters. The minimum atomic E-state index is -0.990. The van der Waals surface area contributed by atoms with Gasteiger partial charge in [0.15, 0.2) is 0 Å². The number of benzene rings is 1. The van der Waals surface area contributed by atoms with Crippen molar-refractivity contribution >= 4 is 0 Å². The monoisotopic (exact) mass is 223 g/mol. The molecule has 88 valence electrons. The molecule has 16 heavy (non-hydrogen) atoms. The summed E-state index contributed by atoms with van der Waals surface area (Å²) in [6.45, 7) is 2.58. The summed E-state index contributed by atoms with van der Waals surface area (Å²) in [5.74, 6) is 0.705. The molecule has 0 radical (unpaired) electrons. The molecule has 0 amide bonds. The van der Waals surface area contributed by atoms with E-state index >= 15 is 0 Å². The molecule has 1 fully saturated rings. The van der Waals surface area contributed by atoms with Crippen molar-refractivity contribution in [1.82, 2.24) is 5.32 Å². The van der Waals surface area contributed by atoms with Gasteiger partial charge in [-0.05, 0) is 26.3 Å². The molecule has 0 aromatic heterocycles. The topological polar surface area (TPSA) is 21.3 Å². The molecule has 1 aliphatic rings. The Morgan fingerprint density at radius 2 is 2.31 bits per heavy atom. The highest BCUT2D eigenvalue weighted by Crippen LogP contribution is 2.36. The molecule has 0 bridgehead atoms. The van der Waals surface area contributed by atoms with Gasteiger partial charge in [0.05, 0.1) is 7.11 Å². The second-order valence-electron chi connectivity index (χ2n) is 4.23. The molecular weight excluding hydrogens is 205 g/mol. The molecule has 1 aromatic rings. The van der Waals surface area contributed by atoms with Crippen LogP contribution in [0.15, 0.2) is 18.2 Å². The molecule has 1 N–H and O–H groups in total. The Kier molecular flexibility index (Phi) is 3.44. The van der Waals surface area contributed by atoms with E-state index in [1.165, 1.54) is 6.42 Å². The van der Waals surface area contributed by atoms with Crippen LogP contribution in [-0.2, 0) is 0 Å². The van der Waals surface area contributed by atoms with Crippen LogP contribution in [0.1, 0.15) is 43.1 Å². The van der Waals surface area contributed by atoms with E-state index in [0.717, 1.165) is 18.5 Å².